The summed E-state index contributed by atoms with van der Waals surface area (Å²) in [5.41, 5.74) is 0. The summed E-state index contributed by atoms with van der Waals surface area (Å²) in [4.78, 5) is 16.6. The average Bonchev–Trinajstić information content (AvgIpc) is 2.46. The third-order valence-electron chi connectivity index (χ3n) is 3.74. The molecular formula is C13H25N3O2. The highest BCUT2D eigenvalue weighted by atomic mass is 16.5. The van der Waals surface area contributed by atoms with Gasteiger partial charge in [-0.1, -0.05) is 6.92 Å². The van der Waals surface area contributed by atoms with Crippen molar-refractivity contribution in [2.75, 3.05) is 45.9 Å². The first-order valence-electron chi connectivity index (χ1n) is 7.17. The van der Waals surface area contributed by atoms with Crippen LogP contribution in [0.3, 0.4) is 0 Å². The van der Waals surface area contributed by atoms with Crippen LogP contribution in [-0.4, -0.2) is 67.8 Å². The standard InChI is InChI=1S/C13H25N3O2/c1-2-7-16(12-3-5-14-6-4-12)13(17)15-8-10-18-11-9-15/h12,14H,2-11H2,1H3. The normalized spacial score (nSPS) is 21.9. The van der Waals surface area contributed by atoms with Gasteiger partial charge >= 0.3 is 6.03 Å². The summed E-state index contributed by atoms with van der Waals surface area (Å²) >= 11 is 0. The number of hydrogen-bond acceptors (Lipinski definition) is 3. The number of hydrogen-bond donors (Lipinski definition) is 1. The molecule has 18 heavy (non-hydrogen) atoms. The first-order chi connectivity index (χ1) is 8.83. The molecule has 1 N–H and O–H groups in total. The molecule has 0 saturated carbocycles. The molecule has 104 valence electrons. The van der Waals surface area contributed by atoms with E-state index in [1.54, 1.807) is 0 Å². The second-order valence-corrected chi connectivity index (χ2v) is 5.06. The molecule has 0 aliphatic carbocycles. The number of carbonyl (C=O) groups is 1. The Balaban J connectivity index is 1.96. The van der Waals surface area contributed by atoms with E-state index in [2.05, 4.69) is 17.1 Å². The summed E-state index contributed by atoms with van der Waals surface area (Å²) in [6.45, 7) is 7.91. The highest BCUT2D eigenvalue weighted by Crippen LogP contribution is 2.15. The number of urea groups is 1. The van der Waals surface area contributed by atoms with E-state index in [1.165, 1.54) is 0 Å². The number of carbonyl (C=O) groups excluding carboxylic acids is 1. The monoisotopic (exact) mass is 255 g/mol. The van der Waals surface area contributed by atoms with Crippen LogP contribution >= 0.6 is 0 Å². The molecule has 0 aromatic heterocycles. The second-order valence-electron chi connectivity index (χ2n) is 5.06. The minimum absolute atomic E-state index is 0.215. The zero-order chi connectivity index (χ0) is 12.8. The Morgan fingerprint density at radius 3 is 2.61 bits per heavy atom. The van der Waals surface area contributed by atoms with Crippen molar-refractivity contribution in [1.82, 2.24) is 15.1 Å². The van der Waals surface area contributed by atoms with Gasteiger partial charge in [-0.15, -0.1) is 0 Å². The summed E-state index contributed by atoms with van der Waals surface area (Å²) < 4.78 is 5.31. The Bertz CT molecular complexity index is 261. The third-order valence-corrected chi connectivity index (χ3v) is 3.74. The summed E-state index contributed by atoms with van der Waals surface area (Å²) in [6.07, 6.45) is 3.19. The van der Waals surface area contributed by atoms with Crippen molar-refractivity contribution in [2.45, 2.75) is 32.2 Å². The Hall–Kier alpha value is -0.810. The van der Waals surface area contributed by atoms with Crippen molar-refractivity contribution >= 4 is 6.03 Å². The molecular weight excluding hydrogens is 230 g/mol. The molecule has 0 bridgehead atoms. The molecule has 0 radical (unpaired) electrons. The van der Waals surface area contributed by atoms with Gasteiger partial charge in [0.2, 0.25) is 0 Å². The summed E-state index contributed by atoms with van der Waals surface area (Å²) in [5.74, 6) is 0. The maximum atomic E-state index is 12.6. The van der Waals surface area contributed by atoms with Crippen molar-refractivity contribution in [3.8, 4) is 0 Å². The molecule has 2 heterocycles. The largest absolute Gasteiger partial charge is 0.378 e. The van der Waals surface area contributed by atoms with Gasteiger partial charge in [-0.05, 0) is 32.4 Å². The fourth-order valence-corrected chi connectivity index (χ4v) is 2.73. The minimum atomic E-state index is 0.215. The fourth-order valence-electron chi connectivity index (χ4n) is 2.73. The van der Waals surface area contributed by atoms with E-state index in [1.807, 2.05) is 4.90 Å². The lowest BCUT2D eigenvalue weighted by atomic mass is 10.0. The fraction of sp³-hybridized carbons (Fsp3) is 0.923. The Morgan fingerprint density at radius 1 is 1.33 bits per heavy atom. The zero-order valence-corrected chi connectivity index (χ0v) is 11.4. The molecule has 2 saturated heterocycles. The Labute approximate surface area is 109 Å². The number of amides is 2. The average molecular weight is 255 g/mol. The smallest absolute Gasteiger partial charge is 0.320 e. The summed E-state index contributed by atoms with van der Waals surface area (Å²) in [5, 5.41) is 3.36. The molecule has 0 spiro atoms. The van der Waals surface area contributed by atoms with Gasteiger partial charge in [0.25, 0.3) is 0 Å². The predicted molar refractivity (Wildman–Crippen MR) is 70.7 cm³/mol. The predicted octanol–water partition coefficient (Wildman–Crippen LogP) is 0.903. The van der Waals surface area contributed by atoms with Gasteiger partial charge in [0, 0.05) is 25.7 Å². The Kier molecular flexibility index (Phi) is 5.26. The Morgan fingerprint density at radius 2 is 2.00 bits per heavy atom. The molecule has 0 atom stereocenters. The lowest BCUT2D eigenvalue weighted by Gasteiger charge is -2.39. The first-order valence-corrected chi connectivity index (χ1v) is 7.17. The van der Waals surface area contributed by atoms with E-state index < -0.39 is 0 Å². The molecule has 2 aliphatic heterocycles. The van der Waals surface area contributed by atoms with Crippen LogP contribution in [0, 0.1) is 0 Å². The molecule has 5 nitrogen and oxygen atoms in total. The van der Waals surface area contributed by atoms with Crippen molar-refractivity contribution < 1.29 is 9.53 Å². The van der Waals surface area contributed by atoms with Crippen LogP contribution in [0.25, 0.3) is 0 Å². The van der Waals surface area contributed by atoms with Crippen molar-refractivity contribution in [3.63, 3.8) is 0 Å². The molecule has 2 fully saturated rings. The highest BCUT2D eigenvalue weighted by molar-refractivity contribution is 5.75. The number of piperidine rings is 1. The van der Waals surface area contributed by atoms with E-state index >= 15 is 0 Å². The number of nitrogens with one attached hydrogen (secondary N) is 1. The zero-order valence-electron chi connectivity index (χ0n) is 11.4. The first kappa shape index (κ1) is 13.6. The van der Waals surface area contributed by atoms with Gasteiger partial charge in [0.15, 0.2) is 0 Å². The van der Waals surface area contributed by atoms with Gasteiger partial charge in [-0.25, -0.2) is 4.79 Å². The number of rotatable bonds is 3. The van der Waals surface area contributed by atoms with Crippen LogP contribution in [0.5, 0.6) is 0 Å². The van der Waals surface area contributed by atoms with E-state index in [-0.39, 0.29) is 6.03 Å². The van der Waals surface area contributed by atoms with E-state index in [4.69, 9.17) is 4.74 Å². The molecule has 0 aromatic carbocycles. The number of ether oxygens (including phenoxy) is 1. The molecule has 2 rings (SSSR count). The van der Waals surface area contributed by atoms with Crippen molar-refractivity contribution in [1.29, 1.82) is 0 Å². The minimum Gasteiger partial charge on any atom is -0.378 e. The van der Waals surface area contributed by atoms with Crippen LogP contribution in [0.4, 0.5) is 4.79 Å². The quantitative estimate of drug-likeness (QED) is 0.815. The lowest BCUT2D eigenvalue weighted by molar-refractivity contribution is 0.0373. The van der Waals surface area contributed by atoms with Gasteiger partial charge < -0.3 is 19.9 Å². The van der Waals surface area contributed by atoms with Crippen LogP contribution in [0.2, 0.25) is 0 Å². The SMILES string of the molecule is CCCN(C(=O)N1CCOCC1)C1CCNCC1. The van der Waals surface area contributed by atoms with E-state index in [9.17, 15) is 4.79 Å². The van der Waals surface area contributed by atoms with Crippen molar-refractivity contribution in [2.24, 2.45) is 0 Å². The van der Waals surface area contributed by atoms with Gasteiger partial charge in [0.1, 0.15) is 0 Å². The summed E-state index contributed by atoms with van der Waals surface area (Å²) in [6, 6.07) is 0.633. The maximum absolute atomic E-state index is 12.6. The molecule has 2 aliphatic rings. The number of morpholine rings is 1. The molecule has 2 amide bonds. The van der Waals surface area contributed by atoms with E-state index in [0.29, 0.717) is 19.3 Å². The number of nitrogens with zero attached hydrogens (tertiary/aromatic N) is 2. The maximum Gasteiger partial charge on any atom is 0.320 e. The van der Waals surface area contributed by atoms with Gasteiger partial charge in [-0.3, -0.25) is 0 Å². The summed E-state index contributed by atoms with van der Waals surface area (Å²) in [7, 11) is 0. The third kappa shape index (κ3) is 3.36. The highest BCUT2D eigenvalue weighted by Gasteiger charge is 2.28. The van der Waals surface area contributed by atoms with Gasteiger partial charge in [-0.2, -0.15) is 0 Å². The van der Waals surface area contributed by atoms with Crippen LogP contribution in [0.1, 0.15) is 26.2 Å². The van der Waals surface area contributed by atoms with Crippen LogP contribution < -0.4 is 5.32 Å². The van der Waals surface area contributed by atoms with Crippen LogP contribution in [-0.2, 0) is 4.74 Å². The molecule has 0 unspecified atom stereocenters. The molecule has 5 heteroatoms. The van der Waals surface area contributed by atoms with Crippen LogP contribution in [0.15, 0.2) is 0 Å². The van der Waals surface area contributed by atoms with Gasteiger partial charge in [0.05, 0.1) is 13.2 Å². The second kappa shape index (κ2) is 6.95. The lowest BCUT2D eigenvalue weighted by Crippen LogP contribution is -2.53. The topological polar surface area (TPSA) is 44.8 Å². The molecule has 0 aromatic rings. The van der Waals surface area contributed by atoms with Crippen molar-refractivity contribution in [3.05, 3.63) is 0 Å². The van der Waals surface area contributed by atoms with E-state index in [0.717, 1.165) is 52.0 Å².